The van der Waals surface area contributed by atoms with Gasteiger partial charge in [0.15, 0.2) is 12.0 Å². The van der Waals surface area contributed by atoms with Crippen LogP contribution in [0.1, 0.15) is 63.9 Å². The molecular weight excluding hydrogens is 376 g/mol. The van der Waals surface area contributed by atoms with Gasteiger partial charge < -0.3 is 24.5 Å². The number of aliphatic hydroxyl groups excluding tert-OH is 3. The molecule has 3 rings (SSSR count). The highest BCUT2D eigenvalue weighted by atomic mass is 16.6. The molecule has 0 aliphatic carbocycles. The molecule has 2 aromatic heterocycles. The normalized spacial score (nSPS) is 24.0. The average Bonchev–Trinajstić information content (AvgIpc) is 3.23. The van der Waals surface area contributed by atoms with Crippen molar-refractivity contribution in [3.63, 3.8) is 0 Å². The molecule has 0 amide bonds. The Kier molecular flexibility index (Phi) is 7.45. The van der Waals surface area contributed by atoms with Gasteiger partial charge in [0.1, 0.15) is 18.3 Å². The fourth-order valence-electron chi connectivity index (χ4n) is 3.42. The molecule has 1 aliphatic rings. The van der Waals surface area contributed by atoms with Gasteiger partial charge >= 0.3 is 5.69 Å². The van der Waals surface area contributed by atoms with E-state index in [0.29, 0.717) is 11.1 Å². The van der Waals surface area contributed by atoms with E-state index in [4.69, 9.17) is 9.15 Å². The van der Waals surface area contributed by atoms with Crippen LogP contribution in [0.4, 0.5) is 0 Å². The molecule has 0 bridgehead atoms. The standard InChI is InChI=1S/C21H28N2O6/c1-2-3-4-5-6-7-8-9-10-15-11-14-12-23(21(27)22-19(14)28-15)20-18(26)17(25)16(13-24)29-20/h11-12,16-18,20,24-26H,2-8,13H2,1H3/t16-,17-,18+,20-/m1/s1. The first-order valence-corrected chi connectivity index (χ1v) is 10.2. The largest absolute Gasteiger partial charge is 0.429 e. The molecule has 3 heterocycles. The molecule has 1 saturated heterocycles. The Balaban J connectivity index is 1.67. The third-order valence-electron chi connectivity index (χ3n) is 5.09. The molecule has 0 radical (unpaired) electrons. The molecule has 0 aromatic carbocycles. The summed E-state index contributed by atoms with van der Waals surface area (Å²) in [7, 11) is 0. The third kappa shape index (κ3) is 5.06. The zero-order valence-corrected chi connectivity index (χ0v) is 16.6. The molecule has 0 spiro atoms. The molecule has 8 nitrogen and oxygen atoms in total. The first-order chi connectivity index (χ1) is 14.0. The Morgan fingerprint density at radius 1 is 1.17 bits per heavy atom. The zero-order chi connectivity index (χ0) is 20.8. The summed E-state index contributed by atoms with van der Waals surface area (Å²) in [5.41, 5.74) is -0.532. The van der Waals surface area contributed by atoms with Crippen molar-refractivity contribution in [2.75, 3.05) is 6.61 Å². The van der Waals surface area contributed by atoms with Crippen LogP contribution < -0.4 is 5.69 Å². The SMILES string of the molecule is CCCCCCCCC#Cc1cc2cn([C@@H]3O[C@H](CO)[C@@H](O)[C@@H]3O)c(=O)nc2o1. The van der Waals surface area contributed by atoms with E-state index in [-0.39, 0.29) is 5.71 Å². The summed E-state index contributed by atoms with van der Waals surface area (Å²) in [5.74, 6) is 6.45. The molecule has 1 aliphatic heterocycles. The van der Waals surface area contributed by atoms with Crippen LogP contribution in [0.2, 0.25) is 0 Å². The van der Waals surface area contributed by atoms with Crippen LogP contribution in [0, 0.1) is 11.8 Å². The van der Waals surface area contributed by atoms with Crippen molar-refractivity contribution in [1.29, 1.82) is 0 Å². The fourth-order valence-corrected chi connectivity index (χ4v) is 3.42. The van der Waals surface area contributed by atoms with Crippen molar-refractivity contribution in [1.82, 2.24) is 9.55 Å². The van der Waals surface area contributed by atoms with Gasteiger partial charge in [0, 0.05) is 18.7 Å². The van der Waals surface area contributed by atoms with E-state index in [1.807, 2.05) is 0 Å². The van der Waals surface area contributed by atoms with E-state index in [2.05, 4.69) is 23.7 Å². The van der Waals surface area contributed by atoms with E-state index in [1.54, 1.807) is 6.07 Å². The van der Waals surface area contributed by atoms with Gasteiger partial charge in [0.05, 0.1) is 12.0 Å². The average molecular weight is 404 g/mol. The van der Waals surface area contributed by atoms with E-state index in [9.17, 15) is 20.1 Å². The summed E-state index contributed by atoms with van der Waals surface area (Å²) in [5, 5.41) is 29.8. The molecule has 0 saturated carbocycles. The summed E-state index contributed by atoms with van der Waals surface area (Å²) in [4.78, 5) is 16.2. The predicted molar refractivity (Wildman–Crippen MR) is 106 cm³/mol. The van der Waals surface area contributed by atoms with Crippen molar-refractivity contribution in [2.24, 2.45) is 0 Å². The van der Waals surface area contributed by atoms with Crippen molar-refractivity contribution in [3.8, 4) is 11.8 Å². The molecule has 8 heteroatoms. The van der Waals surface area contributed by atoms with Crippen LogP contribution in [0.3, 0.4) is 0 Å². The number of aliphatic hydroxyl groups is 3. The smallest absolute Gasteiger partial charge is 0.353 e. The fraction of sp³-hybridized carbons (Fsp3) is 0.619. The quantitative estimate of drug-likeness (QED) is 0.453. The molecular formula is C21H28N2O6. The third-order valence-corrected chi connectivity index (χ3v) is 5.09. The van der Waals surface area contributed by atoms with Gasteiger partial charge in [-0.2, -0.15) is 4.98 Å². The highest BCUT2D eigenvalue weighted by molar-refractivity contribution is 5.73. The van der Waals surface area contributed by atoms with Gasteiger partial charge in [0.25, 0.3) is 0 Å². The number of furan rings is 1. The summed E-state index contributed by atoms with van der Waals surface area (Å²) in [6, 6.07) is 1.67. The highest BCUT2D eigenvalue weighted by Crippen LogP contribution is 2.29. The molecule has 3 N–H and O–H groups in total. The summed E-state index contributed by atoms with van der Waals surface area (Å²) < 4.78 is 12.0. The minimum Gasteiger partial charge on any atom is -0.429 e. The van der Waals surface area contributed by atoms with Crippen LogP contribution >= 0.6 is 0 Å². The Hall–Kier alpha value is -2.18. The Labute approximate surface area is 169 Å². The number of rotatable bonds is 8. The van der Waals surface area contributed by atoms with Crippen LogP contribution in [0.5, 0.6) is 0 Å². The van der Waals surface area contributed by atoms with Crippen molar-refractivity contribution in [2.45, 2.75) is 76.4 Å². The lowest BCUT2D eigenvalue weighted by molar-refractivity contribution is -0.0547. The second-order valence-electron chi connectivity index (χ2n) is 7.35. The number of ether oxygens (including phenoxy) is 1. The number of hydrogen-bond donors (Lipinski definition) is 3. The van der Waals surface area contributed by atoms with Gasteiger partial charge in [-0.1, -0.05) is 44.9 Å². The number of aromatic nitrogens is 2. The van der Waals surface area contributed by atoms with Gasteiger partial charge in [-0.05, 0) is 12.3 Å². The number of hydrogen-bond acceptors (Lipinski definition) is 7. The maximum atomic E-state index is 12.3. The topological polar surface area (TPSA) is 118 Å². The maximum absolute atomic E-state index is 12.3. The Morgan fingerprint density at radius 3 is 2.66 bits per heavy atom. The summed E-state index contributed by atoms with van der Waals surface area (Å²) >= 11 is 0. The minimum absolute atomic E-state index is 0.154. The first kappa shape index (κ1) is 21.5. The first-order valence-electron chi connectivity index (χ1n) is 10.2. The van der Waals surface area contributed by atoms with E-state index < -0.39 is 36.8 Å². The van der Waals surface area contributed by atoms with Crippen LogP contribution in [-0.4, -0.2) is 49.8 Å². The molecule has 4 atom stereocenters. The summed E-state index contributed by atoms with van der Waals surface area (Å²) in [6.45, 7) is 1.73. The Bertz CT molecular complexity index is 925. The maximum Gasteiger partial charge on any atom is 0.353 e. The monoisotopic (exact) mass is 404 g/mol. The second-order valence-corrected chi connectivity index (χ2v) is 7.35. The lowest BCUT2D eigenvalue weighted by Crippen LogP contribution is -2.35. The lowest BCUT2D eigenvalue weighted by Gasteiger charge is -2.16. The van der Waals surface area contributed by atoms with Crippen LogP contribution in [0.15, 0.2) is 21.5 Å². The van der Waals surface area contributed by atoms with Gasteiger partial charge in [-0.3, -0.25) is 4.57 Å². The predicted octanol–water partition coefficient (Wildman–Crippen LogP) is 1.70. The van der Waals surface area contributed by atoms with Crippen molar-refractivity contribution >= 4 is 11.1 Å². The Morgan fingerprint density at radius 2 is 1.93 bits per heavy atom. The molecule has 2 aromatic rings. The van der Waals surface area contributed by atoms with Gasteiger partial charge in [-0.25, -0.2) is 4.79 Å². The molecule has 29 heavy (non-hydrogen) atoms. The summed E-state index contributed by atoms with van der Waals surface area (Å²) in [6.07, 6.45) is 4.72. The van der Waals surface area contributed by atoms with Gasteiger partial charge in [0.2, 0.25) is 5.71 Å². The van der Waals surface area contributed by atoms with E-state index >= 15 is 0 Å². The van der Waals surface area contributed by atoms with E-state index in [1.165, 1.54) is 38.3 Å². The number of fused-ring (bicyclic) bond motifs is 1. The minimum atomic E-state index is -1.35. The number of nitrogens with zero attached hydrogens (tertiary/aromatic N) is 2. The number of unbranched alkanes of at least 4 members (excludes halogenated alkanes) is 6. The highest BCUT2D eigenvalue weighted by Gasteiger charge is 2.43. The van der Waals surface area contributed by atoms with E-state index in [0.717, 1.165) is 17.4 Å². The molecule has 0 unspecified atom stereocenters. The van der Waals surface area contributed by atoms with Crippen molar-refractivity contribution in [3.05, 3.63) is 28.5 Å². The molecule has 158 valence electrons. The van der Waals surface area contributed by atoms with Crippen LogP contribution in [-0.2, 0) is 4.74 Å². The lowest BCUT2D eigenvalue weighted by atomic mass is 10.1. The van der Waals surface area contributed by atoms with Gasteiger partial charge in [-0.15, -0.1) is 0 Å². The van der Waals surface area contributed by atoms with Crippen molar-refractivity contribution < 1.29 is 24.5 Å². The second kappa shape index (κ2) is 10.0. The zero-order valence-electron chi connectivity index (χ0n) is 16.6. The van der Waals surface area contributed by atoms with Crippen LogP contribution in [0.25, 0.3) is 11.1 Å². The molecule has 1 fully saturated rings.